The van der Waals surface area contributed by atoms with E-state index in [1.165, 1.54) is 0 Å². The number of carbonyl (C=O) groups is 2. The highest BCUT2D eigenvalue weighted by Crippen LogP contribution is 2.54. The van der Waals surface area contributed by atoms with Crippen LogP contribution in [0.25, 0.3) is 0 Å². The molecule has 138 valence electrons. The molecule has 5 nitrogen and oxygen atoms in total. The molecule has 2 aliphatic rings. The Kier molecular flexibility index (Phi) is 4.57. The van der Waals surface area contributed by atoms with Gasteiger partial charge in [0.05, 0.1) is 21.2 Å². The largest absolute Gasteiger partial charge is 0.478 e. The van der Waals surface area contributed by atoms with Gasteiger partial charge in [-0.1, -0.05) is 42.3 Å². The van der Waals surface area contributed by atoms with Gasteiger partial charge >= 0.3 is 11.9 Å². The maximum Gasteiger partial charge on any atom is 0.333 e. The summed E-state index contributed by atoms with van der Waals surface area (Å²) in [6, 6.07) is 5.33. The van der Waals surface area contributed by atoms with Crippen molar-refractivity contribution in [3.8, 4) is 0 Å². The third-order valence-electron chi connectivity index (χ3n) is 5.71. The lowest BCUT2D eigenvalue weighted by molar-refractivity contribution is -0.133. The number of halogens is 2. The number of nitrogens with zero attached hydrogens (tertiary/aromatic N) is 1. The van der Waals surface area contributed by atoms with Crippen molar-refractivity contribution in [1.82, 2.24) is 4.90 Å². The SMILES string of the molecule is CC1=C(C(=O)O)CC(C(=O)O)=C2N1CC(C)C2(C)c1cccc(Cl)c1Cl. The zero-order valence-corrected chi connectivity index (χ0v) is 16.1. The highest BCUT2D eigenvalue weighted by Gasteiger charge is 2.52. The average Bonchev–Trinajstić information content (AvgIpc) is 2.83. The van der Waals surface area contributed by atoms with Crippen molar-refractivity contribution in [2.24, 2.45) is 5.92 Å². The van der Waals surface area contributed by atoms with E-state index < -0.39 is 17.4 Å². The number of hydrogen-bond donors (Lipinski definition) is 2. The monoisotopic (exact) mass is 395 g/mol. The number of carboxylic acid groups (broad SMARTS) is 2. The molecule has 0 saturated carbocycles. The first kappa shape index (κ1) is 18.8. The number of carboxylic acids is 2. The van der Waals surface area contributed by atoms with Gasteiger partial charge in [0.2, 0.25) is 0 Å². The van der Waals surface area contributed by atoms with E-state index in [2.05, 4.69) is 0 Å². The van der Waals surface area contributed by atoms with Gasteiger partial charge < -0.3 is 15.1 Å². The molecule has 2 heterocycles. The lowest BCUT2D eigenvalue weighted by Crippen LogP contribution is -2.34. The Morgan fingerprint density at radius 3 is 2.38 bits per heavy atom. The van der Waals surface area contributed by atoms with Crippen LogP contribution in [0.15, 0.2) is 40.7 Å². The second-order valence-electron chi connectivity index (χ2n) is 6.99. The smallest absolute Gasteiger partial charge is 0.333 e. The Balaban J connectivity index is 2.30. The Morgan fingerprint density at radius 1 is 1.19 bits per heavy atom. The number of hydrogen-bond acceptors (Lipinski definition) is 3. The summed E-state index contributed by atoms with van der Waals surface area (Å²) < 4.78 is 0. The standard InChI is InChI=1S/C19H19Cl2NO4/c1-9-8-22-10(2)11(17(23)24)7-12(18(25)26)16(22)19(9,3)13-5-4-6-14(20)15(13)21/h4-6,9H,7-8H2,1-3H3,(H,23,24)(H,25,26). The van der Waals surface area contributed by atoms with Crippen molar-refractivity contribution < 1.29 is 19.8 Å². The van der Waals surface area contributed by atoms with Crippen LogP contribution in [-0.2, 0) is 15.0 Å². The van der Waals surface area contributed by atoms with Crippen molar-refractivity contribution in [1.29, 1.82) is 0 Å². The predicted octanol–water partition coefficient (Wildman–Crippen LogP) is 4.30. The molecule has 0 bridgehead atoms. The first-order chi connectivity index (χ1) is 12.1. The van der Waals surface area contributed by atoms with Crippen LogP contribution in [0.1, 0.15) is 32.8 Å². The quantitative estimate of drug-likeness (QED) is 0.797. The zero-order valence-electron chi connectivity index (χ0n) is 14.6. The fourth-order valence-corrected chi connectivity index (χ4v) is 4.60. The Morgan fingerprint density at radius 2 is 1.81 bits per heavy atom. The molecule has 2 N–H and O–H groups in total. The van der Waals surface area contributed by atoms with Crippen LogP contribution in [0.5, 0.6) is 0 Å². The number of allylic oxidation sites excluding steroid dienone is 2. The number of aliphatic carboxylic acids is 2. The minimum absolute atomic E-state index is 0.00547. The lowest BCUT2D eigenvalue weighted by atomic mass is 9.71. The van der Waals surface area contributed by atoms with Gasteiger partial charge in [0.15, 0.2) is 0 Å². The normalized spacial score (nSPS) is 25.6. The van der Waals surface area contributed by atoms with E-state index in [1.807, 2.05) is 24.8 Å². The van der Waals surface area contributed by atoms with Gasteiger partial charge in [-0.2, -0.15) is 0 Å². The molecule has 7 heteroatoms. The van der Waals surface area contributed by atoms with Crippen molar-refractivity contribution in [2.75, 3.05) is 6.54 Å². The molecule has 0 aromatic heterocycles. The molecule has 0 spiro atoms. The molecular formula is C19H19Cl2NO4. The molecule has 2 aliphatic heterocycles. The minimum Gasteiger partial charge on any atom is -0.478 e. The fourth-order valence-electron chi connectivity index (χ4n) is 4.10. The molecule has 1 fully saturated rings. The van der Waals surface area contributed by atoms with E-state index in [1.54, 1.807) is 19.1 Å². The number of benzene rings is 1. The van der Waals surface area contributed by atoms with Crippen LogP contribution in [0, 0.1) is 5.92 Å². The second kappa shape index (κ2) is 6.32. The third-order valence-corrected chi connectivity index (χ3v) is 6.53. The fraction of sp³-hybridized carbons (Fsp3) is 0.368. The molecule has 0 amide bonds. The summed E-state index contributed by atoms with van der Waals surface area (Å²) in [6.45, 7) is 6.19. The van der Waals surface area contributed by atoms with Crippen LogP contribution in [0.3, 0.4) is 0 Å². The van der Waals surface area contributed by atoms with Gasteiger partial charge in [-0.05, 0) is 31.4 Å². The maximum absolute atomic E-state index is 12.0. The third kappa shape index (κ3) is 2.53. The van der Waals surface area contributed by atoms with Crippen LogP contribution >= 0.6 is 23.2 Å². The van der Waals surface area contributed by atoms with E-state index in [4.69, 9.17) is 23.2 Å². The molecule has 3 rings (SSSR count). The molecule has 2 atom stereocenters. The summed E-state index contributed by atoms with van der Waals surface area (Å²) in [7, 11) is 0. The predicted molar refractivity (Wildman–Crippen MR) is 99.3 cm³/mol. The Labute approximate surface area is 161 Å². The number of fused-ring (bicyclic) bond motifs is 1. The van der Waals surface area contributed by atoms with Crippen LogP contribution < -0.4 is 0 Å². The summed E-state index contributed by atoms with van der Waals surface area (Å²) in [5.41, 5.74) is 1.44. The van der Waals surface area contributed by atoms with E-state index in [0.29, 0.717) is 28.0 Å². The summed E-state index contributed by atoms with van der Waals surface area (Å²) >= 11 is 12.7. The maximum atomic E-state index is 12.0. The second-order valence-corrected chi connectivity index (χ2v) is 7.78. The van der Waals surface area contributed by atoms with E-state index in [9.17, 15) is 19.8 Å². The Bertz CT molecular complexity index is 890. The number of rotatable bonds is 3. The van der Waals surface area contributed by atoms with Gasteiger partial charge in [0.1, 0.15) is 0 Å². The summed E-state index contributed by atoms with van der Waals surface area (Å²) in [6.07, 6.45) is -0.122. The molecule has 0 aliphatic carbocycles. The van der Waals surface area contributed by atoms with Gasteiger partial charge in [0, 0.05) is 29.8 Å². The van der Waals surface area contributed by atoms with Crippen LogP contribution in [-0.4, -0.2) is 33.6 Å². The van der Waals surface area contributed by atoms with E-state index in [0.717, 1.165) is 5.56 Å². The van der Waals surface area contributed by atoms with E-state index >= 15 is 0 Å². The van der Waals surface area contributed by atoms with Gasteiger partial charge in [-0.15, -0.1) is 0 Å². The summed E-state index contributed by atoms with van der Waals surface area (Å²) in [4.78, 5) is 25.4. The molecule has 1 saturated heterocycles. The molecular weight excluding hydrogens is 377 g/mol. The molecule has 2 unspecified atom stereocenters. The van der Waals surface area contributed by atoms with E-state index in [-0.39, 0.29) is 23.5 Å². The van der Waals surface area contributed by atoms with Crippen molar-refractivity contribution in [2.45, 2.75) is 32.6 Å². The summed E-state index contributed by atoms with van der Waals surface area (Å²) in [5, 5.41) is 20.1. The lowest BCUT2D eigenvalue weighted by Gasteiger charge is -2.37. The highest BCUT2D eigenvalue weighted by molar-refractivity contribution is 6.42. The highest BCUT2D eigenvalue weighted by atomic mass is 35.5. The first-order valence-electron chi connectivity index (χ1n) is 8.22. The topological polar surface area (TPSA) is 77.8 Å². The molecule has 1 aromatic rings. The minimum atomic E-state index is -1.12. The molecule has 1 aromatic carbocycles. The van der Waals surface area contributed by atoms with Crippen molar-refractivity contribution in [3.63, 3.8) is 0 Å². The Hall–Kier alpha value is -1.98. The van der Waals surface area contributed by atoms with Crippen LogP contribution in [0.2, 0.25) is 10.0 Å². The van der Waals surface area contributed by atoms with Crippen molar-refractivity contribution >= 4 is 35.1 Å². The van der Waals surface area contributed by atoms with Gasteiger partial charge in [-0.25, -0.2) is 9.59 Å². The first-order valence-corrected chi connectivity index (χ1v) is 8.98. The van der Waals surface area contributed by atoms with Gasteiger partial charge in [-0.3, -0.25) is 0 Å². The molecule has 26 heavy (non-hydrogen) atoms. The average molecular weight is 396 g/mol. The summed E-state index contributed by atoms with van der Waals surface area (Å²) in [5.74, 6) is -2.21. The zero-order chi connectivity index (χ0) is 19.4. The van der Waals surface area contributed by atoms with Gasteiger partial charge in [0.25, 0.3) is 0 Å². The van der Waals surface area contributed by atoms with Crippen LogP contribution in [0.4, 0.5) is 0 Å². The van der Waals surface area contributed by atoms with Crippen molar-refractivity contribution in [3.05, 3.63) is 56.3 Å². The molecule has 0 radical (unpaired) electrons.